The Balaban J connectivity index is 1.50. The molecule has 1 aromatic carbocycles. The summed E-state index contributed by atoms with van der Waals surface area (Å²) in [6, 6.07) is 8.82. The van der Waals surface area contributed by atoms with Crippen LogP contribution in [0.3, 0.4) is 0 Å². The van der Waals surface area contributed by atoms with E-state index in [-0.39, 0.29) is 12.2 Å². The third-order valence-corrected chi connectivity index (χ3v) is 5.00. The van der Waals surface area contributed by atoms with Gasteiger partial charge in [0.1, 0.15) is 24.1 Å². The van der Waals surface area contributed by atoms with Gasteiger partial charge in [0.15, 0.2) is 0 Å². The Bertz CT molecular complexity index is 878. The van der Waals surface area contributed by atoms with Gasteiger partial charge in [0, 0.05) is 43.2 Å². The molecule has 2 aromatic rings. The Morgan fingerprint density at radius 2 is 1.90 bits per heavy atom. The lowest BCUT2D eigenvalue weighted by atomic mass is 10.1. The summed E-state index contributed by atoms with van der Waals surface area (Å²) in [5, 5.41) is 1.02. The molecule has 0 aliphatic carbocycles. The smallest absolute Gasteiger partial charge is 0.410 e. The molecule has 30 heavy (non-hydrogen) atoms. The molecule has 1 aliphatic heterocycles. The molecule has 0 saturated carbocycles. The van der Waals surface area contributed by atoms with E-state index in [1.807, 2.05) is 32.9 Å². The third kappa shape index (κ3) is 6.67. The molecule has 0 atom stereocenters. The number of halogens is 2. The summed E-state index contributed by atoms with van der Waals surface area (Å²) in [6.07, 6.45) is 2.86. The number of rotatable bonds is 5. The van der Waals surface area contributed by atoms with Gasteiger partial charge in [-0.15, -0.1) is 0 Å². The quantitative estimate of drug-likeness (QED) is 0.577. The van der Waals surface area contributed by atoms with Crippen LogP contribution in [0.5, 0.6) is 11.6 Å². The van der Waals surface area contributed by atoms with Crippen molar-refractivity contribution in [1.29, 1.82) is 0 Å². The van der Waals surface area contributed by atoms with Gasteiger partial charge >= 0.3 is 6.09 Å². The van der Waals surface area contributed by atoms with Gasteiger partial charge in [-0.05, 0) is 50.6 Å². The molecule has 6 nitrogen and oxygen atoms in total. The van der Waals surface area contributed by atoms with Crippen molar-refractivity contribution in [1.82, 2.24) is 9.88 Å². The van der Waals surface area contributed by atoms with Crippen molar-refractivity contribution in [3.8, 4) is 11.6 Å². The van der Waals surface area contributed by atoms with Crippen molar-refractivity contribution in [2.45, 2.75) is 51.9 Å². The SMILES string of the molecule is CC(C)(C)OC(=O)N1CCC(Oc2cc(COc3ccc(Cl)cc3Cl)ccn2)CC1. The van der Waals surface area contributed by atoms with Gasteiger partial charge in [-0.1, -0.05) is 23.2 Å². The molecule has 0 unspecified atom stereocenters. The number of piperidine rings is 1. The second kappa shape index (κ2) is 9.75. The highest BCUT2D eigenvalue weighted by Crippen LogP contribution is 2.28. The van der Waals surface area contributed by atoms with Crippen LogP contribution in [0.4, 0.5) is 4.79 Å². The highest BCUT2D eigenvalue weighted by molar-refractivity contribution is 6.35. The van der Waals surface area contributed by atoms with Gasteiger partial charge in [0.05, 0.1) is 5.02 Å². The standard InChI is InChI=1S/C22H26Cl2N2O4/c1-22(2,3)30-21(27)26-10-7-17(8-11-26)29-20-12-15(6-9-25-20)14-28-19-5-4-16(23)13-18(19)24/h4-6,9,12-13,17H,7-8,10-11,14H2,1-3H3. The van der Waals surface area contributed by atoms with Crippen LogP contribution in [0.15, 0.2) is 36.5 Å². The van der Waals surface area contributed by atoms with Gasteiger partial charge in [0.25, 0.3) is 0 Å². The fraction of sp³-hybridized carbons (Fsp3) is 0.455. The molecule has 1 aromatic heterocycles. The zero-order valence-electron chi connectivity index (χ0n) is 17.4. The van der Waals surface area contributed by atoms with Crippen LogP contribution in [-0.2, 0) is 11.3 Å². The van der Waals surface area contributed by atoms with E-state index in [9.17, 15) is 4.79 Å². The predicted octanol–water partition coefficient (Wildman–Crippen LogP) is 5.75. The third-order valence-electron chi connectivity index (χ3n) is 4.47. The van der Waals surface area contributed by atoms with Crippen molar-refractivity contribution in [3.05, 3.63) is 52.1 Å². The number of aromatic nitrogens is 1. The molecule has 0 radical (unpaired) electrons. The molecule has 1 fully saturated rings. The van der Waals surface area contributed by atoms with E-state index in [2.05, 4.69) is 4.98 Å². The summed E-state index contributed by atoms with van der Waals surface area (Å²) < 4.78 is 17.2. The lowest BCUT2D eigenvalue weighted by Gasteiger charge is -2.33. The van der Waals surface area contributed by atoms with Crippen molar-refractivity contribution in [2.75, 3.05) is 13.1 Å². The predicted molar refractivity (Wildman–Crippen MR) is 116 cm³/mol. The van der Waals surface area contributed by atoms with Gasteiger partial charge in [-0.3, -0.25) is 0 Å². The molecule has 0 N–H and O–H groups in total. The maximum atomic E-state index is 12.2. The minimum absolute atomic E-state index is 0.00179. The summed E-state index contributed by atoms with van der Waals surface area (Å²) in [5.74, 6) is 1.10. The van der Waals surface area contributed by atoms with Crippen molar-refractivity contribution < 1.29 is 19.0 Å². The molecule has 162 valence electrons. The summed E-state index contributed by atoms with van der Waals surface area (Å²) in [7, 11) is 0. The molecule has 1 saturated heterocycles. The fourth-order valence-electron chi connectivity index (χ4n) is 3.01. The first kappa shape index (κ1) is 22.5. The Morgan fingerprint density at radius 3 is 2.57 bits per heavy atom. The summed E-state index contributed by atoms with van der Waals surface area (Å²) >= 11 is 12.1. The average Bonchev–Trinajstić information content (AvgIpc) is 2.67. The number of hydrogen-bond donors (Lipinski definition) is 0. The second-order valence-corrected chi connectivity index (χ2v) is 8.99. The van der Waals surface area contributed by atoms with Crippen LogP contribution in [0.1, 0.15) is 39.2 Å². The first-order chi connectivity index (χ1) is 14.2. The number of likely N-dealkylation sites (tertiary alicyclic amines) is 1. The molecule has 1 aliphatic rings. The second-order valence-electron chi connectivity index (χ2n) is 8.15. The average molecular weight is 453 g/mol. The fourth-order valence-corrected chi connectivity index (χ4v) is 3.47. The number of benzene rings is 1. The number of carbonyl (C=O) groups excluding carboxylic acids is 1. The largest absolute Gasteiger partial charge is 0.487 e. The Labute approximate surface area is 187 Å². The van der Waals surface area contributed by atoms with E-state index >= 15 is 0 Å². The van der Waals surface area contributed by atoms with Gasteiger partial charge in [-0.2, -0.15) is 0 Å². The molecule has 3 rings (SSSR count). The molecular weight excluding hydrogens is 427 g/mol. The summed E-state index contributed by atoms with van der Waals surface area (Å²) in [4.78, 5) is 18.2. The van der Waals surface area contributed by atoms with E-state index in [1.165, 1.54) is 0 Å². The van der Waals surface area contributed by atoms with Crippen LogP contribution in [0.2, 0.25) is 10.0 Å². The van der Waals surface area contributed by atoms with E-state index in [0.29, 0.717) is 41.4 Å². The number of pyridine rings is 1. The zero-order valence-corrected chi connectivity index (χ0v) is 18.9. The highest BCUT2D eigenvalue weighted by atomic mass is 35.5. The Kier molecular flexibility index (Phi) is 7.32. The first-order valence-electron chi connectivity index (χ1n) is 9.87. The van der Waals surface area contributed by atoms with Crippen molar-refractivity contribution >= 4 is 29.3 Å². The molecule has 0 spiro atoms. The molecular formula is C22H26Cl2N2O4. The van der Waals surface area contributed by atoms with E-state index in [1.54, 1.807) is 29.3 Å². The normalized spacial score (nSPS) is 15.0. The number of amides is 1. The highest BCUT2D eigenvalue weighted by Gasteiger charge is 2.27. The molecule has 8 heteroatoms. The zero-order chi connectivity index (χ0) is 21.7. The van der Waals surface area contributed by atoms with Gasteiger partial charge in [-0.25, -0.2) is 9.78 Å². The van der Waals surface area contributed by atoms with Gasteiger partial charge < -0.3 is 19.1 Å². The lowest BCUT2D eigenvalue weighted by Crippen LogP contribution is -2.44. The Hall–Kier alpha value is -2.18. The maximum Gasteiger partial charge on any atom is 0.410 e. The first-order valence-corrected chi connectivity index (χ1v) is 10.6. The molecule has 2 heterocycles. The topological polar surface area (TPSA) is 60.9 Å². The number of carbonyl (C=O) groups is 1. The van der Waals surface area contributed by atoms with E-state index in [0.717, 1.165) is 18.4 Å². The number of ether oxygens (including phenoxy) is 3. The lowest BCUT2D eigenvalue weighted by molar-refractivity contribution is 0.0123. The van der Waals surface area contributed by atoms with Crippen LogP contribution < -0.4 is 9.47 Å². The Morgan fingerprint density at radius 1 is 1.17 bits per heavy atom. The number of nitrogens with zero attached hydrogens (tertiary/aromatic N) is 2. The van der Waals surface area contributed by atoms with Crippen LogP contribution in [-0.4, -0.2) is 40.8 Å². The maximum absolute atomic E-state index is 12.2. The molecule has 1 amide bonds. The molecule has 0 bridgehead atoms. The van der Waals surface area contributed by atoms with E-state index in [4.69, 9.17) is 37.4 Å². The van der Waals surface area contributed by atoms with Crippen LogP contribution >= 0.6 is 23.2 Å². The van der Waals surface area contributed by atoms with Crippen LogP contribution in [0, 0.1) is 0 Å². The summed E-state index contributed by atoms with van der Waals surface area (Å²) in [5.41, 5.74) is 0.421. The van der Waals surface area contributed by atoms with Gasteiger partial charge in [0.2, 0.25) is 5.88 Å². The number of hydrogen-bond acceptors (Lipinski definition) is 5. The van der Waals surface area contributed by atoms with E-state index < -0.39 is 5.60 Å². The summed E-state index contributed by atoms with van der Waals surface area (Å²) in [6.45, 7) is 7.12. The van der Waals surface area contributed by atoms with Crippen molar-refractivity contribution in [3.63, 3.8) is 0 Å². The monoisotopic (exact) mass is 452 g/mol. The minimum Gasteiger partial charge on any atom is -0.487 e. The minimum atomic E-state index is -0.493. The van der Waals surface area contributed by atoms with Crippen molar-refractivity contribution in [2.24, 2.45) is 0 Å². The van der Waals surface area contributed by atoms with Crippen LogP contribution in [0.25, 0.3) is 0 Å².